The number of ether oxygens (including phenoxy) is 1. The van der Waals surface area contributed by atoms with Crippen LogP contribution in [-0.2, 0) is 15.7 Å². The molecular formula is C16H11BrF3NO3. The average Bonchev–Trinajstić information content (AvgIpc) is 2.54. The van der Waals surface area contributed by atoms with Crippen molar-refractivity contribution in [1.82, 2.24) is 0 Å². The van der Waals surface area contributed by atoms with E-state index < -0.39 is 30.2 Å². The molecule has 0 fully saturated rings. The van der Waals surface area contributed by atoms with Gasteiger partial charge in [0.15, 0.2) is 6.61 Å². The lowest BCUT2D eigenvalue weighted by molar-refractivity contribution is -0.137. The molecule has 126 valence electrons. The van der Waals surface area contributed by atoms with Crippen LogP contribution in [0.2, 0.25) is 0 Å². The molecule has 0 spiro atoms. The van der Waals surface area contributed by atoms with Gasteiger partial charge >= 0.3 is 12.1 Å². The number of carbonyl (C=O) groups excluding carboxylic acids is 2. The van der Waals surface area contributed by atoms with E-state index in [1.165, 1.54) is 6.07 Å². The van der Waals surface area contributed by atoms with Crippen molar-refractivity contribution in [2.75, 3.05) is 11.9 Å². The van der Waals surface area contributed by atoms with Gasteiger partial charge in [0.25, 0.3) is 5.91 Å². The molecule has 24 heavy (non-hydrogen) atoms. The van der Waals surface area contributed by atoms with E-state index in [2.05, 4.69) is 21.2 Å². The van der Waals surface area contributed by atoms with Gasteiger partial charge in [-0.1, -0.05) is 18.2 Å². The molecule has 0 aliphatic rings. The number of carbonyl (C=O) groups is 2. The molecule has 0 atom stereocenters. The summed E-state index contributed by atoms with van der Waals surface area (Å²) in [5.74, 6) is -1.62. The maximum atomic E-state index is 12.6. The Bertz CT molecular complexity index is 762. The lowest BCUT2D eigenvalue weighted by Gasteiger charge is -2.10. The first-order valence-electron chi connectivity index (χ1n) is 6.66. The Labute approximate surface area is 143 Å². The Hall–Kier alpha value is -2.35. The van der Waals surface area contributed by atoms with Crippen molar-refractivity contribution in [2.24, 2.45) is 0 Å². The molecule has 0 unspecified atom stereocenters. The number of rotatable bonds is 4. The predicted octanol–water partition coefficient (Wildman–Crippen LogP) is 4.26. The van der Waals surface area contributed by atoms with E-state index in [0.717, 1.165) is 12.1 Å². The van der Waals surface area contributed by atoms with Gasteiger partial charge in [-0.3, -0.25) is 4.79 Å². The third-order valence-corrected chi connectivity index (χ3v) is 3.60. The monoisotopic (exact) mass is 401 g/mol. The Morgan fingerprint density at radius 3 is 2.46 bits per heavy atom. The van der Waals surface area contributed by atoms with Crippen LogP contribution in [0, 0.1) is 0 Å². The van der Waals surface area contributed by atoms with Crippen molar-refractivity contribution in [2.45, 2.75) is 6.18 Å². The molecule has 2 aromatic rings. The molecule has 0 radical (unpaired) electrons. The molecule has 1 N–H and O–H groups in total. The Balaban J connectivity index is 1.96. The highest BCUT2D eigenvalue weighted by molar-refractivity contribution is 9.10. The standard InChI is InChI=1S/C16H11BrF3NO3/c17-12-6-1-2-7-13(12)21-14(22)9-24-15(23)10-4-3-5-11(8-10)16(18,19)20/h1-8H,9H2,(H,21,22). The largest absolute Gasteiger partial charge is 0.452 e. The quantitative estimate of drug-likeness (QED) is 0.778. The molecule has 1 amide bonds. The number of para-hydroxylation sites is 1. The molecule has 0 saturated carbocycles. The van der Waals surface area contributed by atoms with Crippen LogP contribution in [0.1, 0.15) is 15.9 Å². The first-order chi connectivity index (χ1) is 11.3. The fourth-order valence-corrected chi connectivity index (χ4v) is 2.17. The fraction of sp³-hybridized carbons (Fsp3) is 0.125. The minimum atomic E-state index is -4.56. The maximum Gasteiger partial charge on any atom is 0.416 e. The minimum Gasteiger partial charge on any atom is -0.452 e. The Kier molecular flexibility index (Phi) is 5.61. The predicted molar refractivity (Wildman–Crippen MR) is 84.5 cm³/mol. The lowest BCUT2D eigenvalue weighted by Crippen LogP contribution is -2.21. The number of hydrogen-bond acceptors (Lipinski definition) is 3. The number of amides is 1. The van der Waals surface area contributed by atoms with Gasteiger partial charge < -0.3 is 10.1 Å². The Morgan fingerprint density at radius 1 is 1.08 bits per heavy atom. The van der Waals surface area contributed by atoms with E-state index in [1.54, 1.807) is 24.3 Å². The second-order valence-electron chi connectivity index (χ2n) is 4.68. The van der Waals surface area contributed by atoms with Crippen LogP contribution in [0.3, 0.4) is 0 Å². The molecule has 2 rings (SSSR count). The molecule has 0 aliphatic heterocycles. The van der Waals surface area contributed by atoms with E-state index in [1.807, 2.05) is 0 Å². The molecule has 0 aromatic heterocycles. The van der Waals surface area contributed by atoms with Crippen LogP contribution in [0.25, 0.3) is 0 Å². The van der Waals surface area contributed by atoms with E-state index in [4.69, 9.17) is 4.74 Å². The molecule has 0 saturated heterocycles. The van der Waals surface area contributed by atoms with Crippen LogP contribution in [0.5, 0.6) is 0 Å². The Morgan fingerprint density at radius 2 is 1.79 bits per heavy atom. The lowest BCUT2D eigenvalue weighted by atomic mass is 10.1. The molecule has 0 bridgehead atoms. The third-order valence-electron chi connectivity index (χ3n) is 2.91. The van der Waals surface area contributed by atoms with Crippen molar-refractivity contribution < 1.29 is 27.5 Å². The molecule has 2 aromatic carbocycles. The van der Waals surface area contributed by atoms with Gasteiger partial charge in [0, 0.05) is 4.47 Å². The smallest absolute Gasteiger partial charge is 0.416 e. The molecular weight excluding hydrogens is 391 g/mol. The van der Waals surface area contributed by atoms with Crippen molar-refractivity contribution >= 4 is 33.5 Å². The molecule has 4 nitrogen and oxygen atoms in total. The van der Waals surface area contributed by atoms with Crippen LogP contribution in [0.15, 0.2) is 53.0 Å². The zero-order valence-electron chi connectivity index (χ0n) is 12.1. The number of anilines is 1. The summed E-state index contributed by atoms with van der Waals surface area (Å²) in [5.41, 5.74) is -0.759. The topological polar surface area (TPSA) is 55.4 Å². The fourth-order valence-electron chi connectivity index (χ4n) is 1.79. The highest BCUT2D eigenvalue weighted by atomic mass is 79.9. The van der Waals surface area contributed by atoms with Gasteiger partial charge in [-0.05, 0) is 46.3 Å². The SMILES string of the molecule is O=C(COC(=O)c1cccc(C(F)(F)F)c1)Nc1ccccc1Br. The second kappa shape index (κ2) is 7.48. The summed E-state index contributed by atoms with van der Waals surface area (Å²) < 4.78 is 43.2. The number of halogens is 4. The van der Waals surface area contributed by atoms with E-state index in [9.17, 15) is 22.8 Å². The highest BCUT2D eigenvalue weighted by Gasteiger charge is 2.31. The molecule has 0 aliphatic carbocycles. The van der Waals surface area contributed by atoms with Crippen LogP contribution in [-0.4, -0.2) is 18.5 Å². The number of hydrogen-bond donors (Lipinski definition) is 1. The van der Waals surface area contributed by atoms with Gasteiger partial charge in [-0.25, -0.2) is 4.79 Å². The first-order valence-corrected chi connectivity index (χ1v) is 7.45. The highest BCUT2D eigenvalue weighted by Crippen LogP contribution is 2.29. The number of esters is 1. The van der Waals surface area contributed by atoms with E-state index >= 15 is 0 Å². The minimum absolute atomic E-state index is 0.279. The van der Waals surface area contributed by atoms with Crippen LogP contribution < -0.4 is 5.32 Å². The number of benzene rings is 2. The van der Waals surface area contributed by atoms with Crippen LogP contribution >= 0.6 is 15.9 Å². The van der Waals surface area contributed by atoms with Gasteiger partial charge in [-0.2, -0.15) is 13.2 Å². The summed E-state index contributed by atoms with van der Waals surface area (Å²) in [6.45, 7) is -0.615. The zero-order valence-corrected chi connectivity index (χ0v) is 13.6. The van der Waals surface area contributed by atoms with Gasteiger partial charge in [0.1, 0.15) is 0 Å². The number of alkyl halides is 3. The normalized spacial score (nSPS) is 11.0. The van der Waals surface area contributed by atoms with Gasteiger partial charge in [0.05, 0.1) is 16.8 Å². The summed E-state index contributed by atoms with van der Waals surface area (Å²) in [6, 6.07) is 10.6. The molecule has 0 heterocycles. The second-order valence-corrected chi connectivity index (χ2v) is 5.54. The van der Waals surface area contributed by atoms with Crippen molar-refractivity contribution in [1.29, 1.82) is 0 Å². The summed E-state index contributed by atoms with van der Waals surface area (Å²) >= 11 is 3.24. The van der Waals surface area contributed by atoms with Gasteiger partial charge in [0.2, 0.25) is 0 Å². The van der Waals surface area contributed by atoms with Crippen molar-refractivity contribution in [3.8, 4) is 0 Å². The first kappa shape index (κ1) is 18.0. The zero-order chi connectivity index (χ0) is 17.7. The van der Waals surface area contributed by atoms with Gasteiger partial charge in [-0.15, -0.1) is 0 Å². The summed E-state index contributed by atoms with van der Waals surface area (Å²) in [6.07, 6.45) is -4.56. The van der Waals surface area contributed by atoms with E-state index in [0.29, 0.717) is 16.2 Å². The number of nitrogens with one attached hydrogen (secondary N) is 1. The summed E-state index contributed by atoms with van der Waals surface area (Å²) in [5, 5.41) is 2.51. The summed E-state index contributed by atoms with van der Waals surface area (Å²) in [7, 11) is 0. The van der Waals surface area contributed by atoms with Crippen molar-refractivity contribution in [3.63, 3.8) is 0 Å². The average molecular weight is 402 g/mol. The summed E-state index contributed by atoms with van der Waals surface area (Å²) in [4.78, 5) is 23.5. The maximum absolute atomic E-state index is 12.6. The van der Waals surface area contributed by atoms with Crippen molar-refractivity contribution in [3.05, 3.63) is 64.1 Å². The molecule has 8 heteroatoms. The third kappa shape index (κ3) is 4.82. The van der Waals surface area contributed by atoms with Crippen LogP contribution in [0.4, 0.5) is 18.9 Å². The van der Waals surface area contributed by atoms with E-state index in [-0.39, 0.29) is 5.56 Å².